The van der Waals surface area contributed by atoms with Crippen LogP contribution < -0.4 is 16.1 Å². The number of hydrogen-bond donors (Lipinski definition) is 2. The summed E-state index contributed by atoms with van der Waals surface area (Å²) >= 11 is 0. The highest BCUT2D eigenvalue weighted by atomic mass is 16.4. The first-order valence-electron chi connectivity index (χ1n) is 6.85. The number of nitrogens with one attached hydrogen (secondary N) is 1. The molecule has 7 heteroatoms. The van der Waals surface area contributed by atoms with E-state index in [4.69, 9.17) is 5.11 Å². The Hall–Kier alpha value is -2.57. The van der Waals surface area contributed by atoms with E-state index in [1.807, 2.05) is 5.01 Å². The van der Waals surface area contributed by atoms with E-state index in [2.05, 4.69) is 4.98 Å². The molecule has 0 aliphatic carbocycles. The van der Waals surface area contributed by atoms with E-state index in [0.29, 0.717) is 24.1 Å². The predicted molar refractivity (Wildman–Crippen MR) is 77.6 cm³/mol. The van der Waals surface area contributed by atoms with Crippen LogP contribution in [-0.2, 0) is 0 Å². The average molecular weight is 289 g/mol. The highest BCUT2D eigenvalue weighted by Gasteiger charge is 2.17. The lowest BCUT2D eigenvalue weighted by Crippen LogP contribution is -2.50. The van der Waals surface area contributed by atoms with E-state index in [9.17, 15) is 14.4 Å². The molecule has 2 heterocycles. The van der Waals surface area contributed by atoms with Gasteiger partial charge in [-0.25, -0.2) is 9.47 Å². The fourth-order valence-electron chi connectivity index (χ4n) is 2.69. The monoisotopic (exact) mass is 289 g/mol. The topological polar surface area (TPSA) is 95.4 Å². The fourth-order valence-corrected chi connectivity index (χ4v) is 2.69. The van der Waals surface area contributed by atoms with Crippen molar-refractivity contribution in [3.63, 3.8) is 0 Å². The molecule has 0 saturated carbocycles. The van der Waals surface area contributed by atoms with Crippen molar-refractivity contribution >= 4 is 17.0 Å². The number of carbonyl (C=O) groups is 1. The molecule has 1 aromatic heterocycles. The Morgan fingerprint density at radius 1 is 1.14 bits per heavy atom. The van der Waals surface area contributed by atoms with E-state index in [-0.39, 0.29) is 5.56 Å². The lowest BCUT2D eigenvalue weighted by molar-refractivity contribution is 0.0697. The SMILES string of the molecule is O=C(O)c1ccc2c(c1)[nH]c(=O)c(=O)n2N1CCCCC1. The third-order valence-electron chi connectivity index (χ3n) is 3.72. The lowest BCUT2D eigenvalue weighted by Gasteiger charge is -2.30. The molecule has 110 valence electrons. The van der Waals surface area contributed by atoms with Gasteiger partial charge in [-0.3, -0.25) is 9.59 Å². The summed E-state index contributed by atoms with van der Waals surface area (Å²) in [4.78, 5) is 37.4. The van der Waals surface area contributed by atoms with Gasteiger partial charge in [0.2, 0.25) is 0 Å². The molecule has 2 aromatic rings. The van der Waals surface area contributed by atoms with Crippen LogP contribution in [0, 0.1) is 0 Å². The van der Waals surface area contributed by atoms with Crippen molar-refractivity contribution in [3.8, 4) is 0 Å². The van der Waals surface area contributed by atoms with Gasteiger partial charge in [0.25, 0.3) is 0 Å². The summed E-state index contributed by atoms with van der Waals surface area (Å²) in [6.07, 6.45) is 3.04. The summed E-state index contributed by atoms with van der Waals surface area (Å²) in [5.41, 5.74) is -0.429. The summed E-state index contributed by atoms with van der Waals surface area (Å²) in [5, 5.41) is 10.9. The number of aromatic amines is 1. The highest BCUT2D eigenvalue weighted by Crippen LogP contribution is 2.14. The minimum Gasteiger partial charge on any atom is -0.478 e. The molecule has 0 amide bonds. The number of piperidine rings is 1. The van der Waals surface area contributed by atoms with Gasteiger partial charge >= 0.3 is 17.1 Å². The maximum Gasteiger partial charge on any atom is 0.335 e. The first kappa shape index (κ1) is 13.4. The standard InChI is InChI=1S/C14H15N3O4/c18-12-13(19)17(16-6-2-1-3-7-16)11-5-4-9(14(20)21)8-10(11)15-12/h4-5,8H,1-3,6-7H2,(H,15,18)(H,20,21). The Bertz CT molecular complexity index is 815. The number of benzene rings is 1. The Morgan fingerprint density at radius 2 is 1.86 bits per heavy atom. The van der Waals surface area contributed by atoms with Crippen LogP contribution in [0.3, 0.4) is 0 Å². The van der Waals surface area contributed by atoms with E-state index in [1.54, 1.807) is 6.07 Å². The van der Waals surface area contributed by atoms with Crippen LogP contribution in [0.5, 0.6) is 0 Å². The summed E-state index contributed by atoms with van der Waals surface area (Å²) in [5.74, 6) is -1.08. The van der Waals surface area contributed by atoms with Gasteiger partial charge in [-0.2, -0.15) is 0 Å². The number of hydrogen-bond acceptors (Lipinski definition) is 4. The summed E-state index contributed by atoms with van der Waals surface area (Å²) in [6.45, 7) is 1.41. The number of carboxylic acids is 1. The first-order valence-corrected chi connectivity index (χ1v) is 6.85. The first-order chi connectivity index (χ1) is 10.1. The summed E-state index contributed by atoms with van der Waals surface area (Å²) < 4.78 is 1.37. The molecule has 1 aliphatic heterocycles. The minimum atomic E-state index is -1.08. The van der Waals surface area contributed by atoms with Crippen molar-refractivity contribution in [1.29, 1.82) is 0 Å². The molecule has 0 unspecified atom stereocenters. The fraction of sp³-hybridized carbons (Fsp3) is 0.357. The Balaban J connectivity index is 2.26. The van der Waals surface area contributed by atoms with Crippen LogP contribution in [0.25, 0.3) is 11.0 Å². The number of nitrogens with zero attached hydrogens (tertiary/aromatic N) is 2. The summed E-state index contributed by atoms with van der Waals surface area (Å²) in [6, 6.07) is 4.37. The number of aromatic nitrogens is 2. The third-order valence-corrected chi connectivity index (χ3v) is 3.72. The molecule has 0 atom stereocenters. The van der Waals surface area contributed by atoms with Crippen molar-refractivity contribution in [2.45, 2.75) is 19.3 Å². The van der Waals surface area contributed by atoms with Gasteiger partial charge in [-0.05, 0) is 37.5 Å². The van der Waals surface area contributed by atoms with Crippen molar-refractivity contribution < 1.29 is 9.90 Å². The van der Waals surface area contributed by atoms with Gasteiger partial charge in [0.05, 0.1) is 16.6 Å². The second-order valence-corrected chi connectivity index (χ2v) is 5.12. The minimum absolute atomic E-state index is 0.0713. The number of rotatable bonds is 2. The molecule has 0 radical (unpaired) electrons. The van der Waals surface area contributed by atoms with E-state index in [0.717, 1.165) is 19.3 Å². The molecule has 0 bridgehead atoms. The predicted octanol–water partition coefficient (Wildman–Crippen LogP) is 0.510. The molecular weight excluding hydrogens is 274 g/mol. The molecule has 1 aromatic carbocycles. The molecule has 3 rings (SSSR count). The van der Waals surface area contributed by atoms with Gasteiger partial charge in [-0.15, -0.1) is 0 Å². The maximum absolute atomic E-state index is 12.2. The van der Waals surface area contributed by atoms with Crippen LogP contribution in [0.1, 0.15) is 29.6 Å². The van der Waals surface area contributed by atoms with Crippen LogP contribution in [-0.4, -0.2) is 33.8 Å². The van der Waals surface area contributed by atoms with Gasteiger partial charge in [0.1, 0.15) is 0 Å². The second kappa shape index (κ2) is 5.08. The molecule has 21 heavy (non-hydrogen) atoms. The normalized spacial score (nSPS) is 15.3. The number of carboxylic acid groups (broad SMARTS) is 1. The van der Waals surface area contributed by atoms with Gasteiger partial charge < -0.3 is 15.1 Å². The quantitative estimate of drug-likeness (QED) is 0.785. The van der Waals surface area contributed by atoms with Gasteiger partial charge in [0, 0.05) is 13.1 Å². The molecule has 2 N–H and O–H groups in total. The van der Waals surface area contributed by atoms with E-state index in [1.165, 1.54) is 16.8 Å². The van der Waals surface area contributed by atoms with Crippen LogP contribution in [0.15, 0.2) is 27.8 Å². The molecular formula is C14H15N3O4. The van der Waals surface area contributed by atoms with Crippen LogP contribution in [0.2, 0.25) is 0 Å². The number of H-pyrrole nitrogens is 1. The van der Waals surface area contributed by atoms with Crippen molar-refractivity contribution in [2.24, 2.45) is 0 Å². The van der Waals surface area contributed by atoms with Gasteiger partial charge in [0.15, 0.2) is 0 Å². The van der Waals surface area contributed by atoms with Crippen molar-refractivity contribution in [3.05, 3.63) is 44.5 Å². The smallest absolute Gasteiger partial charge is 0.335 e. The van der Waals surface area contributed by atoms with Crippen LogP contribution >= 0.6 is 0 Å². The maximum atomic E-state index is 12.2. The zero-order valence-electron chi connectivity index (χ0n) is 11.3. The lowest BCUT2D eigenvalue weighted by atomic mass is 10.1. The number of fused-ring (bicyclic) bond motifs is 1. The average Bonchev–Trinajstić information content (AvgIpc) is 2.49. The molecule has 7 nitrogen and oxygen atoms in total. The van der Waals surface area contributed by atoms with Crippen LogP contribution in [0.4, 0.5) is 0 Å². The van der Waals surface area contributed by atoms with Gasteiger partial charge in [-0.1, -0.05) is 0 Å². The Labute approximate surface area is 119 Å². The Kier molecular flexibility index (Phi) is 3.25. The van der Waals surface area contributed by atoms with Crippen molar-refractivity contribution in [1.82, 2.24) is 9.66 Å². The zero-order chi connectivity index (χ0) is 15.0. The zero-order valence-corrected chi connectivity index (χ0v) is 11.3. The molecule has 0 spiro atoms. The van der Waals surface area contributed by atoms with E-state index < -0.39 is 17.1 Å². The molecule has 1 saturated heterocycles. The summed E-state index contributed by atoms with van der Waals surface area (Å²) in [7, 11) is 0. The third kappa shape index (κ3) is 2.31. The largest absolute Gasteiger partial charge is 0.478 e. The Morgan fingerprint density at radius 3 is 2.52 bits per heavy atom. The molecule has 1 aliphatic rings. The highest BCUT2D eigenvalue weighted by molar-refractivity contribution is 5.92. The second-order valence-electron chi connectivity index (χ2n) is 5.12. The van der Waals surface area contributed by atoms with Crippen molar-refractivity contribution in [2.75, 3.05) is 18.1 Å². The van der Waals surface area contributed by atoms with E-state index >= 15 is 0 Å². The molecule has 1 fully saturated rings. The number of aromatic carboxylic acids is 1.